The molecule has 0 spiro atoms. The predicted molar refractivity (Wildman–Crippen MR) is 92.4 cm³/mol. The van der Waals surface area contributed by atoms with Gasteiger partial charge in [0.05, 0.1) is 6.04 Å². The average Bonchev–Trinajstić information content (AvgIpc) is 2.92. The number of likely N-dealkylation sites (tertiary alicyclic amines) is 1. The molecule has 2 saturated heterocycles. The van der Waals surface area contributed by atoms with Crippen molar-refractivity contribution in [2.45, 2.75) is 58.2 Å². The van der Waals surface area contributed by atoms with Crippen LogP contribution < -0.4 is 0 Å². The van der Waals surface area contributed by atoms with E-state index in [4.69, 9.17) is 4.99 Å². The first-order chi connectivity index (χ1) is 11.3. The molecule has 0 saturated carbocycles. The van der Waals surface area contributed by atoms with E-state index >= 15 is 0 Å². The number of hydrogen-bond acceptors (Lipinski definition) is 4. The van der Waals surface area contributed by atoms with Crippen molar-refractivity contribution in [2.24, 2.45) is 4.99 Å². The van der Waals surface area contributed by atoms with E-state index in [1.807, 2.05) is 0 Å². The first-order valence-electron chi connectivity index (χ1n) is 8.85. The third-order valence-corrected chi connectivity index (χ3v) is 5.39. The zero-order chi connectivity index (χ0) is 17.6. The fraction of sp³-hybridized carbons (Fsp3) is 0.765. The Morgan fingerprint density at radius 3 is 2.54 bits per heavy atom. The van der Waals surface area contributed by atoms with Gasteiger partial charge in [-0.2, -0.15) is 0 Å². The molecule has 0 radical (unpaired) electrons. The van der Waals surface area contributed by atoms with Crippen molar-refractivity contribution in [1.82, 2.24) is 14.7 Å². The number of carbonyl (C=O) groups excluding carboxylic acids is 2. The van der Waals surface area contributed by atoms with Crippen molar-refractivity contribution >= 4 is 23.6 Å². The Labute approximate surface area is 143 Å². The molecule has 0 bridgehead atoms. The SMILES string of the molecule is CC1CCCCN1CC1=[N+](C(C)C)C2C(=O)N(C)C(=O)N(C)C2=N1. The predicted octanol–water partition coefficient (Wildman–Crippen LogP) is 0.985. The van der Waals surface area contributed by atoms with Gasteiger partial charge in [-0.3, -0.25) is 19.5 Å². The second-order valence-electron chi connectivity index (χ2n) is 7.34. The van der Waals surface area contributed by atoms with Crippen molar-refractivity contribution in [3.63, 3.8) is 0 Å². The number of imide groups is 1. The summed E-state index contributed by atoms with van der Waals surface area (Å²) in [6.45, 7) is 8.19. The fourth-order valence-electron chi connectivity index (χ4n) is 3.90. The van der Waals surface area contributed by atoms with Gasteiger partial charge in [-0.15, -0.1) is 0 Å². The summed E-state index contributed by atoms with van der Waals surface area (Å²) >= 11 is 0. The number of urea groups is 1. The summed E-state index contributed by atoms with van der Waals surface area (Å²) in [5.74, 6) is 1.28. The summed E-state index contributed by atoms with van der Waals surface area (Å²) in [6.07, 6.45) is 3.69. The maximum atomic E-state index is 12.7. The minimum absolute atomic E-state index is 0.144. The summed E-state index contributed by atoms with van der Waals surface area (Å²) in [4.78, 5) is 34.8. The van der Waals surface area contributed by atoms with Gasteiger partial charge < -0.3 is 0 Å². The van der Waals surface area contributed by atoms with Crippen LogP contribution in [-0.4, -0.2) is 88.2 Å². The molecular formula is C17H28N5O2+. The summed E-state index contributed by atoms with van der Waals surface area (Å²) < 4.78 is 2.08. The van der Waals surface area contributed by atoms with Crippen LogP contribution in [0.15, 0.2) is 4.99 Å². The standard InChI is InChI=1S/C17H28N5O2/c1-11(2)22-13(10-21-9-7-6-8-12(21)3)18-15-14(22)16(23)20(5)17(24)19(15)4/h11-12,14H,6-10H2,1-5H3/q+1. The molecule has 2 unspecified atom stereocenters. The molecular weight excluding hydrogens is 306 g/mol. The van der Waals surface area contributed by atoms with Crippen LogP contribution in [0.25, 0.3) is 0 Å². The summed E-state index contributed by atoms with van der Waals surface area (Å²) in [5, 5.41) is 0. The Bertz CT molecular complexity index is 624. The molecule has 3 aliphatic heterocycles. The minimum Gasteiger partial charge on any atom is -0.289 e. The number of amidine groups is 2. The largest absolute Gasteiger partial charge is 0.333 e. The number of carbonyl (C=O) groups is 2. The Kier molecular flexibility index (Phi) is 4.46. The summed E-state index contributed by atoms with van der Waals surface area (Å²) in [6, 6.07) is -0.120. The zero-order valence-corrected chi connectivity index (χ0v) is 15.3. The molecule has 3 heterocycles. The van der Waals surface area contributed by atoms with Gasteiger partial charge >= 0.3 is 11.9 Å². The Morgan fingerprint density at radius 2 is 1.92 bits per heavy atom. The number of nitrogens with zero attached hydrogens (tertiary/aromatic N) is 5. The van der Waals surface area contributed by atoms with Crippen LogP contribution >= 0.6 is 0 Å². The van der Waals surface area contributed by atoms with Crippen LogP contribution in [0.1, 0.15) is 40.0 Å². The van der Waals surface area contributed by atoms with Gasteiger partial charge in [0.15, 0.2) is 0 Å². The molecule has 2 fully saturated rings. The monoisotopic (exact) mass is 334 g/mol. The summed E-state index contributed by atoms with van der Waals surface area (Å²) in [7, 11) is 3.24. The van der Waals surface area contributed by atoms with Crippen molar-refractivity contribution in [1.29, 1.82) is 0 Å². The van der Waals surface area contributed by atoms with Crippen LogP contribution in [0, 0.1) is 0 Å². The van der Waals surface area contributed by atoms with Crippen LogP contribution in [-0.2, 0) is 4.79 Å². The molecule has 0 N–H and O–H groups in total. The van der Waals surface area contributed by atoms with Crippen LogP contribution in [0.2, 0.25) is 0 Å². The van der Waals surface area contributed by atoms with Crippen molar-refractivity contribution in [2.75, 3.05) is 27.2 Å². The lowest BCUT2D eigenvalue weighted by Gasteiger charge is -2.32. The van der Waals surface area contributed by atoms with Gasteiger partial charge in [-0.25, -0.2) is 9.37 Å². The van der Waals surface area contributed by atoms with E-state index in [-0.39, 0.29) is 18.0 Å². The minimum atomic E-state index is -0.479. The topological polar surface area (TPSA) is 59.2 Å². The number of amides is 3. The van der Waals surface area contributed by atoms with Gasteiger partial charge in [0.1, 0.15) is 6.54 Å². The van der Waals surface area contributed by atoms with E-state index < -0.39 is 6.04 Å². The van der Waals surface area contributed by atoms with Crippen LogP contribution in [0.5, 0.6) is 0 Å². The highest BCUT2D eigenvalue weighted by Gasteiger charge is 2.53. The smallest absolute Gasteiger partial charge is 0.289 e. The van der Waals surface area contributed by atoms with Gasteiger partial charge in [0.2, 0.25) is 0 Å². The number of hydrogen-bond donors (Lipinski definition) is 0. The van der Waals surface area contributed by atoms with Gasteiger partial charge in [-0.1, -0.05) is 6.42 Å². The molecule has 132 valence electrons. The number of aliphatic imine (C=N–C) groups is 1. The average molecular weight is 334 g/mol. The van der Waals surface area contributed by atoms with E-state index in [0.29, 0.717) is 11.9 Å². The Balaban J connectivity index is 1.95. The van der Waals surface area contributed by atoms with Crippen molar-refractivity contribution in [3.8, 4) is 0 Å². The van der Waals surface area contributed by atoms with Crippen molar-refractivity contribution in [3.05, 3.63) is 0 Å². The summed E-state index contributed by atoms with van der Waals surface area (Å²) in [5.41, 5.74) is 0. The molecule has 2 atom stereocenters. The molecule has 3 aliphatic rings. The van der Waals surface area contributed by atoms with Gasteiger partial charge in [0, 0.05) is 20.1 Å². The molecule has 0 aromatic rings. The first-order valence-corrected chi connectivity index (χ1v) is 8.85. The highest BCUT2D eigenvalue weighted by molar-refractivity contribution is 6.23. The number of fused-ring (bicyclic) bond motifs is 1. The number of piperidine rings is 1. The zero-order valence-electron chi connectivity index (χ0n) is 15.3. The Morgan fingerprint density at radius 1 is 1.21 bits per heavy atom. The molecule has 0 aliphatic carbocycles. The Hall–Kier alpha value is -1.76. The number of likely N-dealkylation sites (N-methyl/N-ethyl adjacent to an activating group) is 2. The lowest BCUT2D eigenvalue weighted by Crippen LogP contribution is -2.62. The molecule has 7 heteroatoms. The maximum Gasteiger partial charge on any atom is 0.333 e. The molecule has 0 aromatic carbocycles. The molecule has 3 amide bonds. The maximum absolute atomic E-state index is 12.7. The molecule has 3 rings (SSSR count). The highest BCUT2D eigenvalue weighted by atomic mass is 16.2. The van der Waals surface area contributed by atoms with Gasteiger partial charge in [-0.05, 0) is 45.2 Å². The third-order valence-electron chi connectivity index (χ3n) is 5.39. The molecule has 0 aromatic heterocycles. The third kappa shape index (κ3) is 2.64. The van der Waals surface area contributed by atoms with Crippen molar-refractivity contribution < 1.29 is 14.2 Å². The number of rotatable bonds is 3. The van der Waals surface area contributed by atoms with E-state index in [2.05, 4.69) is 30.2 Å². The molecule has 7 nitrogen and oxygen atoms in total. The van der Waals surface area contributed by atoms with E-state index in [9.17, 15) is 9.59 Å². The fourth-order valence-corrected chi connectivity index (χ4v) is 3.90. The lowest BCUT2D eigenvalue weighted by atomic mass is 10.0. The highest BCUT2D eigenvalue weighted by Crippen LogP contribution is 2.22. The van der Waals surface area contributed by atoms with E-state index in [0.717, 1.165) is 18.9 Å². The second kappa shape index (κ2) is 6.27. The first kappa shape index (κ1) is 17.1. The second-order valence-corrected chi connectivity index (χ2v) is 7.34. The van der Waals surface area contributed by atoms with Crippen LogP contribution in [0.4, 0.5) is 4.79 Å². The van der Waals surface area contributed by atoms with E-state index in [1.54, 1.807) is 14.1 Å². The molecule has 24 heavy (non-hydrogen) atoms. The van der Waals surface area contributed by atoms with Crippen LogP contribution in [0.3, 0.4) is 0 Å². The lowest BCUT2D eigenvalue weighted by molar-refractivity contribution is -0.566. The normalized spacial score (nSPS) is 28.8. The van der Waals surface area contributed by atoms with Gasteiger partial charge in [0.25, 0.3) is 17.8 Å². The quantitative estimate of drug-likeness (QED) is 0.723. The van der Waals surface area contributed by atoms with E-state index in [1.165, 1.54) is 29.1 Å².